The number of morpholine rings is 1. The predicted octanol–water partition coefficient (Wildman–Crippen LogP) is 4.01. The highest BCUT2D eigenvalue weighted by Crippen LogP contribution is 2.29. The maximum Gasteiger partial charge on any atom is 0.243 e. The third-order valence-electron chi connectivity index (χ3n) is 5.41. The Morgan fingerprint density at radius 2 is 1.91 bits per heavy atom. The summed E-state index contributed by atoms with van der Waals surface area (Å²) in [4.78, 5) is 17.5. The lowest BCUT2D eigenvalue weighted by atomic mass is 10.1. The van der Waals surface area contributed by atoms with Gasteiger partial charge in [-0.05, 0) is 57.0 Å². The van der Waals surface area contributed by atoms with Crippen LogP contribution in [0.2, 0.25) is 0 Å². The Hall–Kier alpha value is -2.33. The van der Waals surface area contributed by atoms with Crippen molar-refractivity contribution in [3.8, 4) is 0 Å². The molecule has 0 radical (unpaired) electrons. The predicted molar refractivity (Wildman–Crippen MR) is 127 cm³/mol. The molecule has 0 saturated carbocycles. The van der Waals surface area contributed by atoms with Crippen LogP contribution in [0.1, 0.15) is 35.3 Å². The van der Waals surface area contributed by atoms with Crippen molar-refractivity contribution in [2.24, 2.45) is 0 Å². The second-order valence-electron chi connectivity index (χ2n) is 8.33. The van der Waals surface area contributed by atoms with Gasteiger partial charge in [-0.15, -0.1) is 0 Å². The molecule has 4 rings (SSSR count). The molecule has 170 valence electrons. The van der Waals surface area contributed by atoms with E-state index in [0.29, 0.717) is 23.8 Å². The summed E-state index contributed by atoms with van der Waals surface area (Å²) in [5.74, 6) is -0.196. The Morgan fingerprint density at radius 3 is 2.62 bits per heavy atom. The summed E-state index contributed by atoms with van der Waals surface area (Å²) in [6.07, 6.45) is -0.354. The zero-order chi connectivity index (χ0) is 23.0. The molecule has 0 amide bonds. The number of aromatic nitrogens is 1. The minimum absolute atomic E-state index is 0.0347. The Morgan fingerprint density at radius 1 is 1.19 bits per heavy atom. The van der Waals surface area contributed by atoms with Gasteiger partial charge in [0.25, 0.3) is 0 Å². The van der Waals surface area contributed by atoms with E-state index >= 15 is 0 Å². The van der Waals surface area contributed by atoms with Crippen LogP contribution >= 0.6 is 11.3 Å². The van der Waals surface area contributed by atoms with Crippen LogP contribution in [0.5, 0.6) is 0 Å². The summed E-state index contributed by atoms with van der Waals surface area (Å²) < 4.78 is 34.4. The number of ketones is 1. The quantitative estimate of drug-likeness (QED) is 0.544. The number of aryl methyl sites for hydroxylation is 2. The summed E-state index contributed by atoms with van der Waals surface area (Å²) in [7, 11) is -3.71. The van der Waals surface area contributed by atoms with Crippen LogP contribution in [0.4, 0.5) is 5.13 Å². The number of fused-ring (bicyclic) bond motifs is 1. The molecule has 7 nitrogen and oxygen atoms in total. The van der Waals surface area contributed by atoms with Gasteiger partial charge < -0.3 is 10.1 Å². The highest BCUT2D eigenvalue weighted by Gasteiger charge is 2.32. The van der Waals surface area contributed by atoms with Gasteiger partial charge in [-0.25, -0.2) is 13.4 Å². The zero-order valence-electron chi connectivity index (χ0n) is 18.6. The van der Waals surface area contributed by atoms with Crippen molar-refractivity contribution < 1.29 is 17.9 Å². The highest BCUT2D eigenvalue weighted by atomic mass is 32.2. The van der Waals surface area contributed by atoms with Crippen LogP contribution in [0.3, 0.4) is 0 Å². The number of thiazole rings is 1. The van der Waals surface area contributed by atoms with Gasteiger partial charge in [0, 0.05) is 18.7 Å². The van der Waals surface area contributed by atoms with Crippen molar-refractivity contribution in [2.45, 2.75) is 44.8 Å². The largest absolute Gasteiger partial charge is 0.373 e. The van der Waals surface area contributed by atoms with Gasteiger partial charge in [-0.1, -0.05) is 29.5 Å². The fourth-order valence-corrected chi connectivity index (χ4v) is 6.68. The number of carbonyl (C=O) groups excluding carboxylic acids is 1. The normalized spacial score (nSPS) is 19.9. The summed E-state index contributed by atoms with van der Waals surface area (Å²) in [5.41, 5.74) is 3.54. The van der Waals surface area contributed by atoms with Gasteiger partial charge in [0.05, 0.1) is 33.9 Å². The molecular formula is C23H27N3O4S2. The first-order valence-electron chi connectivity index (χ1n) is 10.5. The third kappa shape index (κ3) is 4.71. The topological polar surface area (TPSA) is 88.6 Å². The van der Waals surface area contributed by atoms with E-state index in [2.05, 4.69) is 22.4 Å². The molecule has 2 heterocycles. The summed E-state index contributed by atoms with van der Waals surface area (Å²) in [6.45, 7) is 8.40. The van der Waals surface area contributed by atoms with Crippen molar-refractivity contribution in [3.05, 3.63) is 53.1 Å². The Labute approximate surface area is 192 Å². The molecule has 3 aromatic rings. The molecule has 9 heteroatoms. The SMILES string of the molecule is Cc1cc(C)c2nc(NCC(=O)c3cccc(S(=O)(=O)N4CC(C)OC(C)C4)c3)sc2c1. The smallest absolute Gasteiger partial charge is 0.243 e. The first kappa shape index (κ1) is 22.8. The molecule has 2 aromatic carbocycles. The molecule has 1 aliphatic rings. The van der Waals surface area contributed by atoms with Crippen molar-refractivity contribution >= 4 is 42.5 Å². The third-order valence-corrected chi connectivity index (χ3v) is 8.20. The fourth-order valence-electron chi connectivity index (χ4n) is 4.01. The second kappa shape index (κ2) is 8.90. The summed E-state index contributed by atoms with van der Waals surface area (Å²) in [6, 6.07) is 10.4. The molecule has 0 spiro atoms. The molecule has 32 heavy (non-hydrogen) atoms. The Kier molecular flexibility index (Phi) is 6.35. The fraction of sp³-hybridized carbons (Fsp3) is 0.391. The van der Waals surface area contributed by atoms with E-state index < -0.39 is 10.0 Å². The Balaban J connectivity index is 1.49. The van der Waals surface area contributed by atoms with Gasteiger partial charge in [-0.3, -0.25) is 4.79 Å². The first-order chi connectivity index (χ1) is 15.1. The van der Waals surface area contributed by atoms with Crippen LogP contribution in [0, 0.1) is 13.8 Å². The standard InChI is InChI=1S/C23H27N3O4S2/c1-14-8-15(2)22-21(9-14)31-23(25-22)24-11-20(27)18-6-5-7-19(10-18)32(28,29)26-12-16(3)30-17(4)13-26/h5-10,16-17H,11-13H2,1-4H3,(H,24,25). The number of nitrogens with zero attached hydrogens (tertiary/aromatic N) is 2. The first-order valence-corrected chi connectivity index (χ1v) is 12.8. The van der Waals surface area contributed by atoms with E-state index in [1.54, 1.807) is 12.1 Å². The molecule has 0 bridgehead atoms. The monoisotopic (exact) mass is 473 g/mol. The average molecular weight is 474 g/mol. The van der Waals surface area contributed by atoms with Crippen LogP contribution in [-0.4, -0.2) is 55.3 Å². The maximum atomic E-state index is 13.1. The number of ether oxygens (including phenoxy) is 1. The summed E-state index contributed by atoms with van der Waals surface area (Å²) >= 11 is 1.50. The average Bonchev–Trinajstić information content (AvgIpc) is 3.14. The van der Waals surface area contributed by atoms with Crippen molar-refractivity contribution in [1.29, 1.82) is 0 Å². The molecule has 1 N–H and O–H groups in total. The van der Waals surface area contributed by atoms with Crippen molar-refractivity contribution in [1.82, 2.24) is 9.29 Å². The van der Waals surface area contributed by atoms with Crippen LogP contribution in [0.25, 0.3) is 10.2 Å². The van der Waals surface area contributed by atoms with Crippen LogP contribution < -0.4 is 5.32 Å². The van der Waals surface area contributed by atoms with Crippen molar-refractivity contribution in [2.75, 3.05) is 25.0 Å². The molecule has 2 atom stereocenters. The highest BCUT2D eigenvalue weighted by molar-refractivity contribution is 7.89. The number of sulfonamides is 1. The van der Waals surface area contributed by atoms with E-state index in [1.807, 2.05) is 27.7 Å². The lowest BCUT2D eigenvalue weighted by molar-refractivity contribution is -0.0440. The van der Waals surface area contributed by atoms with Gasteiger partial charge in [0.15, 0.2) is 10.9 Å². The number of anilines is 1. The maximum absolute atomic E-state index is 13.1. The number of rotatable bonds is 6. The minimum Gasteiger partial charge on any atom is -0.373 e. The van der Waals surface area contributed by atoms with Gasteiger partial charge in [-0.2, -0.15) is 4.31 Å². The lowest BCUT2D eigenvalue weighted by Crippen LogP contribution is -2.48. The van der Waals surface area contributed by atoms with E-state index in [-0.39, 0.29) is 29.4 Å². The molecule has 1 saturated heterocycles. The Bertz CT molecular complexity index is 1260. The molecular weight excluding hydrogens is 446 g/mol. The van der Waals surface area contributed by atoms with Crippen LogP contribution in [-0.2, 0) is 14.8 Å². The van der Waals surface area contributed by atoms with E-state index in [1.165, 1.54) is 33.3 Å². The zero-order valence-corrected chi connectivity index (χ0v) is 20.2. The number of hydrogen-bond donors (Lipinski definition) is 1. The molecule has 0 aliphatic carbocycles. The van der Waals surface area contributed by atoms with Gasteiger partial charge in [0.2, 0.25) is 10.0 Å². The number of hydrogen-bond acceptors (Lipinski definition) is 7. The van der Waals surface area contributed by atoms with Crippen molar-refractivity contribution in [3.63, 3.8) is 0 Å². The van der Waals surface area contributed by atoms with E-state index in [4.69, 9.17) is 4.74 Å². The number of Topliss-reactive ketones (excluding diaryl/α,β-unsaturated/α-hetero) is 1. The molecule has 2 unspecified atom stereocenters. The van der Waals surface area contributed by atoms with E-state index in [9.17, 15) is 13.2 Å². The molecule has 1 aliphatic heterocycles. The van der Waals surface area contributed by atoms with E-state index in [0.717, 1.165) is 15.8 Å². The second-order valence-corrected chi connectivity index (χ2v) is 11.3. The number of carbonyl (C=O) groups is 1. The summed E-state index contributed by atoms with van der Waals surface area (Å²) in [5, 5.41) is 3.76. The molecule has 1 fully saturated rings. The number of benzene rings is 2. The van der Waals surface area contributed by atoms with Gasteiger partial charge in [0.1, 0.15) is 0 Å². The van der Waals surface area contributed by atoms with Crippen LogP contribution in [0.15, 0.2) is 41.3 Å². The number of nitrogens with one attached hydrogen (secondary N) is 1. The molecule has 1 aromatic heterocycles. The lowest BCUT2D eigenvalue weighted by Gasteiger charge is -2.34. The van der Waals surface area contributed by atoms with Gasteiger partial charge >= 0.3 is 0 Å². The minimum atomic E-state index is -3.71.